The molecule has 46 heavy (non-hydrogen) atoms. The summed E-state index contributed by atoms with van der Waals surface area (Å²) in [6, 6.07) is 15.4. The van der Waals surface area contributed by atoms with Gasteiger partial charge < -0.3 is 20.6 Å². The largest absolute Gasteiger partial charge is 0.392 e. The highest BCUT2D eigenvalue weighted by Gasteiger charge is 2.42. The van der Waals surface area contributed by atoms with Gasteiger partial charge in [-0.3, -0.25) is 19.3 Å². The number of hydrogen-bond donors (Lipinski definition) is 3. The number of carbonyl (C=O) groups excluding carboxylic acids is 3. The van der Waals surface area contributed by atoms with E-state index >= 15 is 0 Å². The molecular weight excluding hydrogens is 620 g/mol. The van der Waals surface area contributed by atoms with E-state index in [1.165, 1.54) is 11.9 Å². The quantitative estimate of drug-likeness (QED) is 0.317. The van der Waals surface area contributed by atoms with Crippen molar-refractivity contribution < 1.29 is 45.8 Å². The van der Waals surface area contributed by atoms with Crippen LogP contribution in [-0.2, 0) is 14.4 Å². The van der Waals surface area contributed by atoms with E-state index in [9.17, 15) is 45.8 Å². The number of alkyl halides is 6. The van der Waals surface area contributed by atoms with Gasteiger partial charge in [0.2, 0.25) is 18.0 Å². The Hall–Kier alpha value is -3.98. The highest BCUT2D eigenvalue weighted by atomic mass is 19.4. The lowest BCUT2D eigenvalue weighted by Crippen LogP contribution is -2.51. The van der Waals surface area contributed by atoms with Crippen LogP contribution >= 0.6 is 0 Å². The molecular formula is C31H35F6N5O4. The average Bonchev–Trinajstić information content (AvgIpc) is 3.39. The topological polar surface area (TPSA) is 114 Å². The van der Waals surface area contributed by atoms with E-state index in [1.807, 2.05) is 0 Å². The van der Waals surface area contributed by atoms with Crippen molar-refractivity contribution in [2.45, 2.75) is 56.7 Å². The van der Waals surface area contributed by atoms with E-state index < -0.39 is 79.9 Å². The molecule has 0 aromatic heterocycles. The fraction of sp³-hybridized carbons (Fsp3) is 0.484. The van der Waals surface area contributed by atoms with Gasteiger partial charge in [0, 0.05) is 55.9 Å². The molecule has 3 N–H and O–H groups in total. The van der Waals surface area contributed by atoms with Gasteiger partial charge in [-0.05, 0) is 25.3 Å². The monoisotopic (exact) mass is 655 g/mol. The number of carbonyl (C=O) groups is 3. The second-order valence-corrected chi connectivity index (χ2v) is 11.4. The zero-order valence-electron chi connectivity index (χ0n) is 24.9. The van der Waals surface area contributed by atoms with Crippen LogP contribution in [0.15, 0.2) is 59.6 Å². The maximum Gasteiger partial charge on any atom is 0.389 e. The zero-order valence-corrected chi connectivity index (χ0v) is 24.9. The zero-order chi connectivity index (χ0) is 33.6. The van der Waals surface area contributed by atoms with Gasteiger partial charge in [-0.15, -0.1) is 0 Å². The third-order valence-corrected chi connectivity index (χ3v) is 8.03. The number of halogens is 6. The predicted octanol–water partition coefficient (Wildman–Crippen LogP) is 4.00. The van der Waals surface area contributed by atoms with Gasteiger partial charge in [-0.2, -0.15) is 26.3 Å². The first kappa shape index (κ1) is 34.9. The summed E-state index contributed by atoms with van der Waals surface area (Å²) in [4.78, 5) is 48.0. The normalized spacial score (nSPS) is 20.4. The minimum Gasteiger partial charge on any atom is -0.392 e. The molecule has 1 saturated heterocycles. The second-order valence-electron chi connectivity index (χ2n) is 11.4. The molecule has 0 saturated carbocycles. The van der Waals surface area contributed by atoms with Gasteiger partial charge >= 0.3 is 12.4 Å². The molecule has 2 aliphatic rings. The van der Waals surface area contributed by atoms with Gasteiger partial charge in [0.1, 0.15) is 0 Å². The second kappa shape index (κ2) is 14.6. The number of aliphatic imine (C=N–C) groups is 1. The Morgan fingerprint density at radius 3 is 2.11 bits per heavy atom. The van der Waals surface area contributed by atoms with Crippen LogP contribution in [0.5, 0.6) is 0 Å². The lowest BCUT2D eigenvalue weighted by Gasteiger charge is -2.29. The summed E-state index contributed by atoms with van der Waals surface area (Å²) in [6.45, 7) is 0.391. The Bertz CT molecular complexity index is 1420. The number of rotatable bonds is 11. The van der Waals surface area contributed by atoms with Crippen molar-refractivity contribution in [3.63, 3.8) is 0 Å². The minimum absolute atomic E-state index is 0.180. The first-order valence-electron chi connectivity index (χ1n) is 14.7. The minimum atomic E-state index is -4.78. The lowest BCUT2D eigenvalue weighted by atomic mass is 9.83. The molecule has 2 aromatic carbocycles. The summed E-state index contributed by atoms with van der Waals surface area (Å²) in [7, 11) is 1.43. The Kier molecular flexibility index (Phi) is 11.1. The predicted molar refractivity (Wildman–Crippen MR) is 157 cm³/mol. The van der Waals surface area contributed by atoms with Gasteiger partial charge in [0.15, 0.2) is 0 Å². The van der Waals surface area contributed by atoms with Crippen molar-refractivity contribution in [1.82, 2.24) is 15.5 Å². The number of likely N-dealkylation sites (N-methyl/N-ethyl adjacent to an activating group) is 1. The number of benzene rings is 2. The van der Waals surface area contributed by atoms with Crippen LogP contribution in [0.25, 0.3) is 0 Å². The summed E-state index contributed by atoms with van der Waals surface area (Å²) < 4.78 is 80.2. The molecule has 3 amide bonds. The van der Waals surface area contributed by atoms with Crippen LogP contribution in [0.3, 0.4) is 0 Å². The summed E-state index contributed by atoms with van der Waals surface area (Å²) >= 11 is 0. The molecule has 2 aliphatic heterocycles. The average molecular weight is 656 g/mol. The standard InChI is InChI=1S/C31H35F6N5O4/c1-41-24-10-6-5-9-23(24)25(19-7-3-2-4-8-19)39-26(29(41)46)40-28(45)22(12-15-31(35,36)37)21(11-14-30(32,33)34)27(44)38-18-42-16-13-20(43)17-42/h2-10,20-22,26,43H,11-18H2,1H3,(H,38,44)(H,40,45)/t20?,21-,22+,26-/m1/s1. The summed E-state index contributed by atoms with van der Waals surface area (Å²) in [6.07, 6.45) is -16.5. The third-order valence-electron chi connectivity index (χ3n) is 8.03. The van der Waals surface area contributed by atoms with Gasteiger partial charge in [-0.25, -0.2) is 4.99 Å². The number of para-hydroxylation sites is 1. The maximum atomic E-state index is 13.8. The van der Waals surface area contributed by atoms with Crippen LogP contribution in [0.1, 0.15) is 43.2 Å². The van der Waals surface area contributed by atoms with Crippen LogP contribution in [0.2, 0.25) is 0 Å². The van der Waals surface area contributed by atoms with Crippen molar-refractivity contribution in [3.8, 4) is 0 Å². The molecule has 0 aliphatic carbocycles. The van der Waals surface area contributed by atoms with Crippen LogP contribution in [-0.4, -0.2) is 84.9 Å². The fourth-order valence-electron chi connectivity index (χ4n) is 5.63. The van der Waals surface area contributed by atoms with Crippen molar-refractivity contribution in [3.05, 3.63) is 65.7 Å². The van der Waals surface area contributed by atoms with Crippen LogP contribution in [0, 0.1) is 11.8 Å². The number of likely N-dealkylation sites (tertiary alicyclic amines) is 1. The van der Waals surface area contributed by atoms with Gasteiger partial charge in [0.05, 0.1) is 24.2 Å². The SMILES string of the molecule is CN1C(=O)[C@@H](NC(=O)[C@@H](CCC(F)(F)F)[C@@H](CCC(F)(F)F)C(=O)NCN2CCC(O)C2)N=C(c2ccccc2)c2ccccc21. The van der Waals surface area contributed by atoms with Crippen molar-refractivity contribution >= 4 is 29.1 Å². The molecule has 250 valence electrons. The number of nitrogens with zero attached hydrogens (tertiary/aromatic N) is 3. The molecule has 0 bridgehead atoms. The van der Waals surface area contributed by atoms with E-state index in [-0.39, 0.29) is 13.2 Å². The number of hydrogen-bond acceptors (Lipinski definition) is 6. The number of nitrogens with one attached hydrogen (secondary N) is 2. The molecule has 2 heterocycles. The Labute approximate surface area is 261 Å². The maximum absolute atomic E-state index is 13.8. The number of anilines is 1. The van der Waals surface area contributed by atoms with Crippen LogP contribution < -0.4 is 15.5 Å². The van der Waals surface area contributed by atoms with Crippen LogP contribution in [0.4, 0.5) is 32.0 Å². The summed E-state index contributed by atoms with van der Waals surface area (Å²) in [5.41, 5.74) is 1.84. The smallest absolute Gasteiger partial charge is 0.389 e. The molecule has 1 fully saturated rings. The summed E-state index contributed by atoms with van der Waals surface area (Å²) in [5, 5.41) is 14.5. The lowest BCUT2D eigenvalue weighted by molar-refractivity contribution is -0.153. The number of amides is 3. The van der Waals surface area contributed by atoms with Gasteiger partial charge in [0.25, 0.3) is 5.91 Å². The number of aliphatic hydroxyl groups is 1. The molecule has 2 aromatic rings. The highest BCUT2D eigenvalue weighted by molar-refractivity contribution is 6.20. The number of benzodiazepines with no additional fused rings is 1. The Balaban J connectivity index is 1.67. The molecule has 0 spiro atoms. The molecule has 0 radical (unpaired) electrons. The molecule has 4 atom stereocenters. The molecule has 1 unspecified atom stereocenters. The first-order valence-corrected chi connectivity index (χ1v) is 14.7. The van der Waals surface area contributed by atoms with E-state index in [2.05, 4.69) is 15.6 Å². The first-order chi connectivity index (χ1) is 21.6. The Morgan fingerprint density at radius 2 is 1.52 bits per heavy atom. The molecule has 9 nitrogen and oxygen atoms in total. The van der Waals surface area contributed by atoms with E-state index in [0.29, 0.717) is 35.5 Å². The van der Waals surface area contributed by atoms with E-state index in [4.69, 9.17) is 0 Å². The van der Waals surface area contributed by atoms with E-state index in [0.717, 1.165) is 0 Å². The number of aliphatic hydroxyl groups excluding tert-OH is 1. The van der Waals surface area contributed by atoms with Crippen molar-refractivity contribution in [2.24, 2.45) is 16.8 Å². The van der Waals surface area contributed by atoms with Crippen molar-refractivity contribution in [2.75, 3.05) is 31.7 Å². The fourth-order valence-corrected chi connectivity index (χ4v) is 5.63. The highest BCUT2D eigenvalue weighted by Crippen LogP contribution is 2.34. The number of fused-ring (bicyclic) bond motifs is 1. The van der Waals surface area contributed by atoms with Crippen molar-refractivity contribution in [1.29, 1.82) is 0 Å². The van der Waals surface area contributed by atoms with E-state index in [1.54, 1.807) is 59.5 Å². The van der Waals surface area contributed by atoms with Gasteiger partial charge in [-0.1, -0.05) is 48.5 Å². The summed E-state index contributed by atoms with van der Waals surface area (Å²) in [5.74, 6) is -6.70. The third kappa shape index (κ3) is 9.28. The number of β-amino-alcohol motifs (C(OH)–C–C–N with tert-alkyl or cyclic N) is 1. The molecule has 4 rings (SSSR count). The Morgan fingerprint density at radius 1 is 0.935 bits per heavy atom. The molecule has 15 heteroatoms.